The van der Waals surface area contributed by atoms with Gasteiger partial charge in [-0.05, 0) is 475 Å². The molecule has 24 aliphatic carbocycles. The van der Waals surface area contributed by atoms with Gasteiger partial charge in [0.1, 0.15) is 41.2 Å². The van der Waals surface area contributed by atoms with Crippen LogP contribution in [0.25, 0.3) is 0 Å². The summed E-state index contributed by atoms with van der Waals surface area (Å²) in [5, 5.41) is 0. The summed E-state index contributed by atoms with van der Waals surface area (Å²) in [6, 6.07) is 0. The number of fused-ring (bicyclic) bond motifs is 20. The topological polar surface area (TPSA) is 281 Å². The van der Waals surface area contributed by atoms with Gasteiger partial charge in [-0.1, -0.05) is 80.1 Å². The summed E-state index contributed by atoms with van der Waals surface area (Å²) in [5.74, 6) is 13.6. The molecule has 0 aliphatic heterocycles. The van der Waals surface area contributed by atoms with Crippen LogP contribution in [0, 0.1) is 216 Å². The Bertz CT molecular complexity index is 4510. The number of esters is 10. The molecule has 0 aromatic carbocycles. The third kappa shape index (κ3) is 23.1. The quantitative estimate of drug-likeness (QED) is 0.0279. The highest BCUT2D eigenvalue weighted by atomic mass is 16.7. The van der Waals surface area contributed by atoms with Crippen molar-refractivity contribution in [3.63, 3.8) is 0 Å². The van der Waals surface area contributed by atoms with Gasteiger partial charge in [0.2, 0.25) is 0 Å². The lowest BCUT2D eigenvalue weighted by Gasteiger charge is -2.56. The molecule has 24 rings (SSSR count). The first-order valence-electron chi connectivity index (χ1n) is 58.8. The van der Waals surface area contributed by atoms with E-state index < -0.39 is 16.8 Å². The second kappa shape index (κ2) is 42.3. The van der Waals surface area contributed by atoms with Crippen LogP contribution in [0.4, 0.5) is 0 Å². The minimum absolute atomic E-state index is 0.0138. The van der Waals surface area contributed by atoms with Crippen molar-refractivity contribution in [3.8, 4) is 0 Å². The molecule has 22 heteroatoms. The molecule has 802 valence electrons. The number of ether oxygens (including phenoxy) is 12. The first-order chi connectivity index (χ1) is 67.8. The van der Waals surface area contributed by atoms with Crippen molar-refractivity contribution in [1.82, 2.24) is 0 Å². The fourth-order valence-corrected chi connectivity index (χ4v) is 38.1. The normalized spacial score (nSPS) is 42.7. The minimum Gasteiger partial charge on any atom is -0.465 e. The van der Waals surface area contributed by atoms with Gasteiger partial charge in [0.25, 0.3) is 0 Å². The number of hydrogen-bond donors (Lipinski definition) is 0. The molecular weight excluding hydrogens is 1810 g/mol. The van der Waals surface area contributed by atoms with E-state index in [1.807, 2.05) is 62.3 Å². The Morgan fingerprint density at radius 1 is 0.308 bits per heavy atom. The molecule has 0 radical (unpaired) electrons. The van der Waals surface area contributed by atoms with E-state index in [1.165, 1.54) is 193 Å². The van der Waals surface area contributed by atoms with E-state index in [1.54, 1.807) is 0 Å². The molecule has 35 atom stereocenters. The lowest BCUT2D eigenvalue weighted by Crippen LogP contribution is -2.47. The summed E-state index contributed by atoms with van der Waals surface area (Å²) in [7, 11) is 1.50. The van der Waals surface area contributed by atoms with Gasteiger partial charge in [-0.15, -0.1) is 0 Å². The van der Waals surface area contributed by atoms with E-state index in [0.717, 1.165) is 154 Å². The van der Waals surface area contributed by atoms with E-state index in [2.05, 4.69) is 41.5 Å². The molecule has 0 heterocycles. The molecule has 22 nitrogen and oxygen atoms in total. The van der Waals surface area contributed by atoms with Crippen LogP contribution in [-0.2, 0) is 105 Å². The van der Waals surface area contributed by atoms with Gasteiger partial charge < -0.3 is 56.8 Å². The molecule has 0 aromatic heterocycles. The molecular formula is C121H186O22. The maximum Gasteiger partial charge on any atom is 0.312 e. The summed E-state index contributed by atoms with van der Waals surface area (Å²) in [6.45, 7) is 32.2. The largest absolute Gasteiger partial charge is 0.465 e. The van der Waals surface area contributed by atoms with Crippen molar-refractivity contribution in [3.05, 3.63) is 0 Å². The van der Waals surface area contributed by atoms with Crippen molar-refractivity contribution in [1.29, 1.82) is 0 Å². The summed E-state index contributed by atoms with van der Waals surface area (Å²) in [4.78, 5) is 129. The molecule has 0 aromatic rings. The van der Waals surface area contributed by atoms with Crippen molar-refractivity contribution >= 4 is 59.7 Å². The van der Waals surface area contributed by atoms with Crippen molar-refractivity contribution in [2.75, 3.05) is 33.9 Å². The molecule has 0 saturated heterocycles. The Morgan fingerprint density at radius 3 is 1.02 bits per heavy atom. The summed E-state index contributed by atoms with van der Waals surface area (Å²) in [5.41, 5.74) is -0.860. The Hall–Kier alpha value is -5.38. The summed E-state index contributed by atoms with van der Waals surface area (Å²) < 4.78 is 68.5. The number of rotatable bonds is 30. The standard InChI is InChI=1S/C28H42O5.C26H40O4.C25H40O4.C23H36O4.C19H28O5/c1-27(2)21-8-9-28(27,3)22(13-21)33-26(30)24-19-7-6-18(12-19)23(24)25(29)32-15-31-14-20-11-16-4-5-17(20)10-16;1-25(2,3)30-23(27)11-22(21-10-16-4-5-20(21)9-16)29-24(28)15-26-12-17-6-18(13-26)8-19(7-17)14-26;1-23(2,3)29-21(26)14-20(18-12-15-7-8-16(18)11-15)28-22(27)19-13-17-9-10-25(19,6)24(17,4)5;1-23(2,3)27-22(25)13-20(19-11-15-5-7-17(19)9-15)26-21(24)12-18-10-14-4-6-16(18)8-14;1-22-10-24-19(21)17-14-5-4-13(8-14)16(17)18(20)23-9-15-7-11-2-3-12(15)6-11/h16-24H,4-15H2,1-3H3;16-22H,4-15H2,1-3H3;15-20H,7-14H2,1-6H3;14-20H,4-13H2,1-3H3;11-17H,2-10H2,1H3. The van der Waals surface area contributed by atoms with Gasteiger partial charge in [-0.3, -0.25) is 47.9 Å². The highest BCUT2D eigenvalue weighted by Gasteiger charge is 2.67. The number of methoxy groups -OCH3 is 1. The predicted molar refractivity (Wildman–Crippen MR) is 538 cm³/mol. The zero-order chi connectivity index (χ0) is 101. The second-order valence-electron chi connectivity index (χ2n) is 57.4. The highest BCUT2D eigenvalue weighted by molar-refractivity contribution is 5.85. The fraction of sp³-hybridized carbons (Fsp3) is 0.917. The minimum atomic E-state index is -0.511. The van der Waals surface area contributed by atoms with Crippen molar-refractivity contribution in [2.24, 2.45) is 216 Å². The molecule has 24 aliphatic rings. The van der Waals surface area contributed by atoms with Crippen LogP contribution in [0.2, 0.25) is 0 Å². The van der Waals surface area contributed by atoms with Gasteiger partial charge >= 0.3 is 59.7 Å². The molecule has 24 fully saturated rings. The van der Waals surface area contributed by atoms with E-state index in [4.69, 9.17) is 56.8 Å². The Labute approximate surface area is 856 Å². The smallest absolute Gasteiger partial charge is 0.312 e. The van der Waals surface area contributed by atoms with Gasteiger partial charge in [0.15, 0.2) is 13.6 Å². The average Bonchev–Trinajstić information content (AvgIpc) is 1.57. The number of hydrogen-bond acceptors (Lipinski definition) is 22. The summed E-state index contributed by atoms with van der Waals surface area (Å²) in [6.07, 6.45) is 51.7. The maximum absolute atomic E-state index is 13.5. The Morgan fingerprint density at radius 2 is 0.664 bits per heavy atom. The number of carbonyl (C=O) groups excluding carboxylic acids is 10. The van der Waals surface area contributed by atoms with Crippen molar-refractivity contribution in [2.45, 2.75) is 447 Å². The Balaban J connectivity index is 0.000000114. The lowest BCUT2D eigenvalue weighted by molar-refractivity contribution is -0.177. The molecule has 0 N–H and O–H groups in total. The fourth-order valence-electron chi connectivity index (χ4n) is 38.1. The molecule has 0 spiro atoms. The van der Waals surface area contributed by atoms with E-state index in [0.29, 0.717) is 97.1 Å². The summed E-state index contributed by atoms with van der Waals surface area (Å²) >= 11 is 0. The molecule has 24 saturated carbocycles. The SMILES string of the molecule is CC(C)(C)OC(=O)CC(OC(=O)C1CC2CCC1(C)C2(C)C)C1CC2CCC1C2.CC(C)(C)OC(=O)CC(OC(=O)CC12CC3CC(CC(C3)C1)C2)C1CC2CCC1C2.CC(C)(C)OC(=O)CC(OC(=O)CC1CC2CCC1C2)C1CC2CCC1C2.CC1(C)C2CCC1(C)C(OC(=O)C1C3CCC(C3)C1C(=O)OCOCC1CC3CCC1C3)C2.COCOC(=O)C1C2CCC(C2)C1C(=O)OCC1CC2CCC1C2. The number of carbonyl (C=O) groups is 10. The van der Waals surface area contributed by atoms with Crippen molar-refractivity contribution < 1.29 is 105 Å². The highest BCUT2D eigenvalue weighted by Crippen LogP contribution is 2.71. The predicted octanol–water partition coefficient (Wildman–Crippen LogP) is 24.2. The lowest BCUT2D eigenvalue weighted by atomic mass is 9.49. The third-order valence-corrected chi connectivity index (χ3v) is 45.1. The van der Waals surface area contributed by atoms with Crippen LogP contribution in [0.1, 0.15) is 406 Å². The second-order valence-corrected chi connectivity index (χ2v) is 57.4. The van der Waals surface area contributed by atoms with Crippen LogP contribution >= 0.6 is 0 Å². The van der Waals surface area contributed by atoms with Gasteiger partial charge in [0, 0.05) is 18.9 Å². The Kier molecular flexibility index (Phi) is 31.4. The average molecular weight is 1990 g/mol. The maximum atomic E-state index is 13.5. The van der Waals surface area contributed by atoms with E-state index in [-0.39, 0.29) is 191 Å². The van der Waals surface area contributed by atoms with Gasteiger partial charge in [0.05, 0.1) is 68.5 Å². The molecule has 143 heavy (non-hydrogen) atoms. The monoisotopic (exact) mass is 1990 g/mol. The molecule has 24 bridgehead atoms. The third-order valence-electron chi connectivity index (χ3n) is 45.1. The van der Waals surface area contributed by atoms with Crippen LogP contribution in [0.5, 0.6) is 0 Å². The van der Waals surface area contributed by atoms with Gasteiger partial charge in [-0.2, -0.15) is 0 Å². The van der Waals surface area contributed by atoms with E-state index in [9.17, 15) is 47.9 Å². The molecule has 0 amide bonds. The molecule has 35 unspecified atom stereocenters. The van der Waals surface area contributed by atoms with Crippen LogP contribution in [-0.4, -0.2) is 135 Å². The van der Waals surface area contributed by atoms with Crippen LogP contribution in [0.15, 0.2) is 0 Å². The zero-order valence-electron chi connectivity index (χ0n) is 90.8. The first-order valence-corrected chi connectivity index (χ1v) is 58.8. The van der Waals surface area contributed by atoms with Crippen LogP contribution < -0.4 is 0 Å². The van der Waals surface area contributed by atoms with Crippen LogP contribution in [0.3, 0.4) is 0 Å². The van der Waals surface area contributed by atoms with Gasteiger partial charge in [-0.25, -0.2) is 0 Å². The first kappa shape index (κ1) is 106. The van der Waals surface area contributed by atoms with E-state index >= 15 is 0 Å². The zero-order valence-corrected chi connectivity index (χ0v) is 90.8.